The topological polar surface area (TPSA) is 35.2 Å². The van der Waals surface area contributed by atoms with E-state index < -0.39 is 0 Å². The van der Waals surface area contributed by atoms with Gasteiger partial charge in [-0.05, 0) is 52.4 Å². The lowest BCUT2D eigenvalue weighted by molar-refractivity contribution is 0.306. The fourth-order valence-electron chi connectivity index (χ4n) is 1.34. The molecule has 0 unspecified atom stereocenters. The van der Waals surface area contributed by atoms with E-state index >= 15 is 0 Å². The van der Waals surface area contributed by atoms with E-state index in [1.54, 1.807) is 0 Å². The van der Waals surface area contributed by atoms with Crippen LogP contribution in [-0.2, 0) is 6.61 Å². The van der Waals surface area contributed by atoms with Gasteiger partial charge < -0.3 is 10.5 Å². The van der Waals surface area contributed by atoms with Gasteiger partial charge >= 0.3 is 0 Å². The fraction of sp³-hybridized carbons (Fsp3) is 0.0769. The van der Waals surface area contributed by atoms with Crippen LogP contribution in [0.25, 0.3) is 0 Å². The lowest BCUT2D eigenvalue weighted by atomic mass is 10.2. The van der Waals surface area contributed by atoms with Gasteiger partial charge in [0.05, 0.1) is 0 Å². The van der Waals surface area contributed by atoms with Gasteiger partial charge in [0.15, 0.2) is 0 Å². The standard InChI is InChI=1S/C13H12INO/c14-12-8-10(6-7-13(12)15)9-16-11-4-2-1-3-5-11/h1-8H,9,15H2. The van der Waals surface area contributed by atoms with Crippen LogP contribution in [0.5, 0.6) is 5.75 Å². The molecule has 0 aliphatic carbocycles. The van der Waals surface area contributed by atoms with Crippen LogP contribution in [0.1, 0.15) is 5.56 Å². The van der Waals surface area contributed by atoms with E-state index in [0.29, 0.717) is 6.61 Å². The van der Waals surface area contributed by atoms with Crippen LogP contribution in [0, 0.1) is 3.57 Å². The van der Waals surface area contributed by atoms with Crippen LogP contribution in [-0.4, -0.2) is 0 Å². The van der Waals surface area contributed by atoms with Gasteiger partial charge in [-0.2, -0.15) is 0 Å². The van der Waals surface area contributed by atoms with E-state index in [2.05, 4.69) is 22.6 Å². The Kier molecular flexibility index (Phi) is 3.66. The average Bonchev–Trinajstić information content (AvgIpc) is 2.32. The highest BCUT2D eigenvalue weighted by atomic mass is 127. The number of hydrogen-bond acceptors (Lipinski definition) is 2. The number of hydrogen-bond donors (Lipinski definition) is 1. The Morgan fingerprint density at radius 2 is 1.81 bits per heavy atom. The molecule has 16 heavy (non-hydrogen) atoms. The van der Waals surface area contributed by atoms with Gasteiger partial charge in [-0.25, -0.2) is 0 Å². The number of benzene rings is 2. The first-order valence-corrected chi connectivity index (χ1v) is 6.05. The number of nitrogens with two attached hydrogens (primary N) is 1. The number of nitrogen functional groups attached to an aromatic ring is 1. The monoisotopic (exact) mass is 325 g/mol. The van der Waals surface area contributed by atoms with Gasteiger partial charge in [0.25, 0.3) is 0 Å². The Hall–Kier alpha value is -1.23. The number of ether oxygens (including phenoxy) is 1. The normalized spacial score (nSPS) is 10.1. The lowest BCUT2D eigenvalue weighted by Crippen LogP contribution is -1.97. The highest BCUT2D eigenvalue weighted by Gasteiger charge is 1.99. The van der Waals surface area contributed by atoms with Gasteiger partial charge in [-0.15, -0.1) is 0 Å². The minimum absolute atomic E-state index is 0.570. The molecule has 2 rings (SSSR count). The molecule has 2 aromatic carbocycles. The van der Waals surface area contributed by atoms with Crippen molar-refractivity contribution in [3.63, 3.8) is 0 Å². The fourth-order valence-corrected chi connectivity index (χ4v) is 1.92. The summed E-state index contributed by atoms with van der Waals surface area (Å²) in [6, 6.07) is 15.7. The maximum Gasteiger partial charge on any atom is 0.119 e. The Labute approximate surface area is 109 Å². The van der Waals surface area contributed by atoms with Gasteiger partial charge in [-0.3, -0.25) is 0 Å². The smallest absolute Gasteiger partial charge is 0.119 e. The van der Waals surface area contributed by atoms with Crippen LogP contribution >= 0.6 is 22.6 Å². The second-order valence-corrected chi connectivity index (χ2v) is 4.62. The molecule has 0 saturated carbocycles. The quantitative estimate of drug-likeness (QED) is 0.693. The molecule has 0 spiro atoms. The third kappa shape index (κ3) is 2.88. The summed E-state index contributed by atoms with van der Waals surface area (Å²) in [6.07, 6.45) is 0. The summed E-state index contributed by atoms with van der Waals surface area (Å²) in [4.78, 5) is 0. The van der Waals surface area contributed by atoms with Gasteiger partial charge in [0.1, 0.15) is 12.4 Å². The molecule has 2 nitrogen and oxygen atoms in total. The number of anilines is 1. The number of rotatable bonds is 3. The van der Waals surface area contributed by atoms with Crippen molar-refractivity contribution in [3.05, 3.63) is 57.7 Å². The van der Waals surface area contributed by atoms with Gasteiger partial charge in [0, 0.05) is 9.26 Å². The van der Waals surface area contributed by atoms with Crippen molar-refractivity contribution in [2.45, 2.75) is 6.61 Å². The Balaban J connectivity index is 2.03. The van der Waals surface area contributed by atoms with Gasteiger partial charge in [0.2, 0.25) is 0 Å². The largest absolute Gasteiger partial charge is 0.489 e. The summed E-state index contributed by atoms with van der Waals surface area (Å²) in [5.74, 6) is 0.884. The van der Waals surface area contributed by atoms with Crippen molar-refractivity contribution in [3.8, 4) is 5.75 Å². The van der Waals surface area contributed by atoms with Crippen LogP contribution in [0.15, 0.2) is 48.5 Å². The molecule has 0 aliphatic rings. The van der Waals surface area contributed by atoms with Crippen molar-refractivity contribution in [2.75, 3.05) is 5.73 Å². The molecule has 0 saturated heterocycles. The highest BCUT2D eigenvalue weighted by molar-refractivity contribution is 14.1. The molecule has 0 bridgehead atoms. The minimum Gasteiger partial charge on any atom is -0.489 e. The molecular formula is C13H12INO. The van der Waals surface area contributed by atoms with Crippen molar-refractivity contribution < 1.29 is 4.74 Å². The molecule has 0 aromatic heterocycles. The Bertz CT molecular complexity index is 471. The van der Waals surface area contributed by atoms with E-state index in [1.807, 2.05) is 48.5 Å². The minimum atomic E-state index is 0.570. The summed E-state index contributed by atoms with van der Waals surface area (Å²) >= 11 is 2.22. The molecule has 3 heteroatoms. The van der Waals surface area contributed by atoms with Gasteiger partial charge in [-0.1, -0.05) is 24.3 Å². The summed E-state index contributed by atoms with van der Waals surface area (Å²) in [6.45, 7) is 0.570. The molecule has 2 N–H and O–H groups in total. The zero-order chi connectivity index (χ0) is 11.4. The van der Waals surface area contributed by atoms with Crippen LogP contribution in [0.2, 0.25) is 0 Å². The average molecular weight is 325 g/mol. The third-order valence-corrected chi connectivity index (χ3v) is 3.15. The zero-order valence-electron chi connectivity index (χ0n) is 8.69. The van der Waals surface area contributed by atoms with E-state index in [4.69, 9.17) is 10.5 Å². The zero-order valence-corrected chi connectivity index (χ0v) is 10.8. The lowest BCUT2D eigenvalue weighted by Gasteiger charge is -2.07. The predicted octanol–water partition coefficient (Wildman–Crippen LogP) is 3.45. The summed E-state index contributed by atoms with van der Waals surface area (Å²) in [7, 11) is 0. The van der Waals surface area contributed by atoms with Crippen molar-refractivity contribution in [2.24, 2.45) is 0 Å². The van der Waals surface area contributed by atoms with Crippen molar-refractivity contribution in [1.29, 1.82) is 0 Å². The summed E-state index contributed by atoms with van der Waals surface area (Å²) < 4.78 is 6.70. The van der Waals surface area contributed by atoms with Crippen molar-refractivity contribution in [1.82, 2.24) is 0 Å². The summed E-state index contributed by atoms with van der Waals surface area (Å²) in [5.41, 5.74) is 7.68. The second-order valence-electron chi connectivity index (χ2n) is 3.46. The maximum atomic E-state index is 5.75. The molecule has 0 heterocycles. The molecule has 0 amide bonds. The Morgan fingerprint density at radius 1 is 1.06 bits per heavy atom. The molecule has 0 fully saturated rings. The molecule has 0 aliphatic heterocycles. The van der Waals surface area contributed by atoms with E-state index in [0.717, 1.165) is 20.6 Å². The highest BCUT2D eigenvalue weighted by Crippen LogP contribution is 2.18. The Morgan fingerprint density at radius 3 is 2.50 bits per heavy atom. The predicted molar refractivity (Wildman–Crippen MR) is 74.3 cm³/mol. The van der Waals surface area contributed by atoms with Crippen LogP contribution in [0.3, 0.4) is 0 Å². The van der Waals surface area contributed by atoms with E-state index in [-0.39, 0.29) is 0 Å². The molecule has 2 aromatic rings. The number of halogens is 1. The first-order chi connectivity index (χ1) is 7.75. The molecule has 82 valence electrons. The molecule has 0 radical (unpaired) electrons. The van der Waals surface area contributed by atoms with E-state index in [1.165, 1.54) is 0 Å². The number of para-hydroxylation sites is 1. The maximum absolute atomic E-state index is 5.75. The first-order valence-electron chi connectivity index (χ1n) is 4.97. The second kappa shape index (κ2) is 5.21. The first kappa shape index (κ1) is 11.3. The summed E-state index contributed by atoms with van der Waals surface area (Å²) in [5, 5.41) is 0. The molecular weight excluding hydrogens is 313 g/mol. The third-order valence-electron chi connectivity index (χ3n) is 2.21. The van der Waals surface area contributed by atoms with Crippen LogP contribution in [0.4, 0.5) is 5.69 Å². The molecule has 0 atom stereocenters. The van der Waals surface area contributed by atoms with E-state index in [9.17, 15) is 0 Å². The SMILES string of the molecule is Nc1ccc(COc2ccccc2)cc1I. The van der Waals surface area contributed by atoms with Crippen molar-refractivity contribution >= 4 is 28.3 Å². The van der Waals surface area contributed by atoms with Crippen LogP contribution < -0.4 is 10.5 Å².